The highest BCUT2D eigenvalue weighted by molar-refractivity contribution is 7.11. The van der Waals surface area contributed by atoms with E-state index in [-0.39, 0.29) is 0 Å². The van der Waals surface area contributed by atoms with E-state index in [0.29, 0.717) is 11.8 Å². The van der Waals surface area contributed by atoms with Crippen molar-refractivity contribution < 1.29 is 4.74 Å². The smallest absolute Gasteiger partial charge is 0.121 e. The molecule has 1 N–H and O–H groups in total. The fourth-order valence-electron chi connectivity index (χ4n) is 2.39. The van der Waals surface area contributed by atoms with Gasteiger partial charge in [-0.15, -0.1) is 21.5 Å². The lowest BCUT2D eigenvalue weighted by atomic mass is 10.0. The van der Waals surface area contributed by atoms with E-state index in [9.17, 15) is 0 Å². The Hall–Kier alpha value is -0.520. The van der Waals surface area contributed by atoms with E-state index in [1.54, 1.807) is 0 Å². The molecule has 2 aliphatic heterocycles. The van der Waals surface area contributed by atoms with Crippen molar-refractivity contribution in [2.24, 2.45) is 0 Å². The molecule has 4 nitrogen and oxygen atoms in total. The van der Waals surface area contributed by atoms with Gasteiger partial charge in [-0.2, -0.15) is 0 Å². The lowest BCUT2D eigenvalue weighted by Crippen LogP contribution is -2.13. The zero-order valence-corrected chi connectivity index (χ0v) is 10.1. The maximum Gasteiger partial charge on any atom is 0.121 e. The van der Waals surface area contributed by atoms with Crippen LogP contribution in [0.1, 0.15) is 41.1 Å². The summed E-state index contributed by atoms with van der Waals surface area (Å²) in [6, 6.07) is 0. The summed E-state index contributed by atoms with van der Waals surface area (Å²) in [5.74, 6) is 1.19. The molecule has 0 saturated carbocycles. The van der Waals surface area contributed by atoms with Gasteiger partial charge in [0.05, 0.1) is 0 Å². The number of hydrogen-bond acceptors (Lipinski definition) is 5. The van der Waals surface area contributed by atoms with Crippen molar-refractivity contribution >= 4 is 11.3 Å². The molecule has 0 bridgehead atoms. The minimum absolute atomic E-state index is 0.592. The van der Waals surface area contributed by atoms with Gasteiger partial charge in [0.15, 0.2) is 0 Å². The molecule has 0 radical (unpaired) electrons. The van der Waals surface area contributed by atoms with E-state index < -0.39 is 0 Å². The van der Waals surface area contributed by atoms with Crippen LogP contribution in [0.15, 0.2) is 0 Å². The summed E-state index contributed by atoms with van der Waals surface area (Å²) in [6.45, 7) is 3.95. The summed E-state index contributed by atoms with van der Waals surface area (Å²) >= 11 is 1.82. The van der Waals surface area contributed by atoms with Gasteiger partial charge in [0.1, 0.15) is 10.0 Å². The Labute approximate surface area is 99.4 Å². The first kappa shape index (κ1) is 10.6. The molecule has 1 unspecified atom stereocenters. The molecule has 3 heterocycles. The molecular weight excluding hydrogens is 222 g/mol. The quantitative estimate of drug-likeness (QED) is 0.850. The van der Waals surface area contributed by atoms with Gasteiger partial charge in [-0.1, -0.05) is 0 Å². The van der Waals surface area contributed by atoms with Gasteiger partial charge in [0.25, 0.3) is 0 Å². The minimum Gasteiger partial charge on any atom is -0.381 e. The first-order valence-electron chi connectivity index (χ1n) is 6.05. The summed E-state index contributed by atoms with van der Waals surface area (Å²) in [5, 5.41) is 14.6. The molecule has 5 heteroatoms. The number of aromatic nitrogens is 2. The van der Waals surface area contributed by atoms with Crippen molar-refractivity contribution in [3.05, 3.63) is 10.0 Å². The normalized spacial score (nSPS) is 27.4. The maximum absolute atomic E-state index is 5.37. The summed E-state index contributed by atoms with van der Waals surface area (Å²) in [4.78, 5) is 0. The predicted molar refractivity (Wildman–Crippen MR) is 62.9 cm³/mol. The molecule has 0 aliphatic carbocycles. The second kappa shape index (κ2) is 4.77. The van der Waals surface area contributed by atoms with Crippen molar-refractivity contribution in [1.29, 1.82) is 0 Å². The van der Waals surface area contributed by atoms with Crippen LogP contribution in [0.3, 0.4) is 0 Å². The van der Waals surface area contributed by atoms with Crippen LogP contribution in [0.5, 0.6) is 0 Å². The van der Waals surface area contributed by atoms with E-state index in [4.69, 9.17) is 4.74 Å². The third kappa shape index (κ3) is 2.12. The van der Waals surface area contributed by atoms with Crippen LogP contribution in [-0.2, 0) is 4.74 Å². The minimum atomic E-state index is 0.592. The predicted octanol–water partition coefficient (Wildman–Crippen LogP) is 1.51. The molecule has 0 amide bonds. The third-order valence-electron chi connectivity index (χ3n) is 3.44. The van der Waals surface area contributed by atoms with Gasteiger partial charge in [-0.3, -0.25) is 0 Å². The first-order valence-corrected chi connectivity index (χ1v) is 6.87. The van der Waals surface area contributed by atoms with Gasteiger partial charge in [0.2, 0.25) is 0 Å². The standard InChI is InChI=1S/C11H17N3OS/c1-4-12-7-9(1)11-14-13-10(16-11)8-2-5-15-6-3-8/h8-9,12H,1-7H2. The molecule has 1 atom stereocenters. The molecule has 2 saturated heterocycles. The molecule has 88 valence electrons. The average molecular weight is 239 g/mol. The summed E-state index contributed by atoms with van der Waals surface area (Å²) in [6.07, 6.45) is 3.43. The van der Waals surface area contributed by atoms with Gasteiger partial charge in [-0.25, -0.2) is 0 Å². The molecular formula is C11H17N3OS. The zero-order chi connectivity index (χ0) is 10.8. The lowest BCUT2D eigenvalue weighted by molar-refractivity contribution is 0.0851. The third-order valence-corrected chi connectivity index (χ3v) is 4.68. The van der Waals surface area contributed by atoms with Crippen LogP contribution < -0.4 is 5.32 Å². The summed E-state index contributed by atoms with van der Waals surface area (Å²) in [5.41, 5.74) is 0. The van der Waals surface area contributed by atoms with Crippen molar-refractivity contribution in [1.82, 2.24) is 15.5 Å². The number of rotatable bonds is 2. The Bertz CT molecular complexity index is 343. The molecule has 0 spiro atoms. The number of nitrogens with one attached hydrogen (secondary N) is 1. The molecule has 2 aliphatic rings. The van der Waals surface area contributed by atoms with E-state index in [1.165, 1.54) is 16.4 Å². The monoisotopic (exact) mass is 239 g/mol. The molecule has 3 rings (SSSR count). The second-order valence-electron chi connectivity index (χ2n) is 4.55. The lowest BCUT2D eigenvalue weighted by Gasteiger charge is -2.19. The highest BCUT2D eigenvalue weighted by atomic mass is 32.1. The molecule has 1 aromatic rings. The highest BCUT2D eigenvalue weighted by Crippen LogP contribution is 2.32. The van der Waals surface area contributed by atoms with Crippen LogP contribution >= 0.6 is 11.3 Å². The van der Waals surface area contributed by atoms with Crippen LogP contribution in [-0.4, -0.2) is 36.5 Å². The topological polar surface area (TPSA) is 47.0 Å². The van der Waals surface area contributed by atoms with Crippen LogP contribution in [0.2, 0.25) is 0 Å². The van der Waals surface area contributed by atoms with Crippen LogP contribution in [0, 0.1) is 0 Å². The summed E-state index contributed by atoms with van der Waals surface area (Å²) < 4.78 is 5.37. The molecule has 2 fully saturated rings. The fourth-order valence-corrected chi connectivity index (χ4v) is 3.53. The number of nitrogens with zero attached hydrogens (tertiary/aromatic N) is 2. The fraction of sp³-hybridized carbons (Fsp3) is 0.818. The first-order chi connectivity index (χ1) is 7.93. The molecule has 0 aromatic carbocycles. The van der Waals surface area contributed by atoms with Gasteiger partial charge in [0, 0.05) is 31.6 Å². The molecule has 16 heavy (non-hydrogen) atoms. The van der Waals surface area contributed by atoms with E-state index in [2.05, 4.69) is 15.5 Å². The Morgan fingerprint density at radius 3 is 2.50 bits per heavy atom. The zero-order valence-electron chi connectivity index (χ0n) is 9.32. The Morgan fingerprint density at radius 2 is 1.81 bits per heavy atom. The van der Waals surface area contributed by atoms with Gasteiger partial charge >= 0.3 is 0 Å². The number of hydrogen-bond donors (Lipinski definition) is 1. The van der Waals surface area contributed by atoms with E-state index >= 15 is 0 Å². The second-order valence-corrected chi connectivity index (χ2v) is 5.60. The maximum atomic E-state index is 5.37. The van der Waals surface area contributed by atoms with Crippen LogP contribution in [0.4, 0.5) is 0 Å². The van der Waals surface area contributed by atoms with Crippen molar-refractivity contribution in [3.63, 3.8) is 0 Å². The Morgan fingerprint density at radius 1 is 1.06 bits per heavy atom. The SMILES string of the molecule is C1CC(c2nnc(C3CCOCC3)s2)CN1. The Kier molecular flexibility index (Phi) is 3.17. The van der Waals surface area contributed by atoms with E-state index in [0.717, 1.165) is 39.1 Å². The van der Waals surface area contributed by atoms with Crippen molar-refractivity contribution in [3.8, 4) is 0 Å². The van der Waals surface area contributed by atoms with Crippen molar-refractivity contribution in [2.45, 2.75) is 31.1 Å². The van der Waals surface area contributed by atoms with Gasteiger partial charge < -0.3 is 10.1 Å². The van der Waals surface area contributed by atoms with Crippen LogP contribution in [0.25, 0.3) is 0 Å². The number of ether oxygens (including phenoxy) is 1. The summed E-state index contributed by atoms with van der Waals surface area (Å²) in [7, 11) is 0. The van der Waals surface area contributed by atoms with Crippen molar-refractivity contribution in [2.75, 3.05) is 26.3 Å². The van der Waals surface area contributed by atoms with E-state index in [1.807, 2.05) is 11.3 Å². The highest BCUT2D eigenvalue weighted by Gasteiger charge is 2.24. The molecule has 1 aromatic heterocycles. The largest absolute Gasteiger partial charge is 0.381 e. The average Bonchev–Trinajstić information content (AvgIpc) is 3.01. The Balaban J connectivity index is 1.71. The van der Waals surface area contributed by atoms with Gasteiger partial charge in [-0.05, 0) is 25.8 Å².